The fraction of sp³-hybridized carbons (Fsp3) is 0. The Morgan fingerprint density at radius 3 is 2.90 bits per heavy atom. The van der Waals surface area contributed by atoms with E-state index < -0.39 is 0 Å². The van der Waals surface area contributed by atoms with Crippen molar-refractivity contribution in [2.24, 2.45) is 0 Å². The first-order chi connectivity index (χ1) is 4.86. The van der Waals surface area contributed by atoms with Gasteiger partial charge in [-0.15, -0.1) is 0 Å². The molecule has 0 atom stereocenters. The normalized spacial score (nSPS) is 10.4. The summed E-state index contributed by atoms with van der Waals surface area (Å²) in [6, 6.07) is 8.27. The van der Waals surface area contributed by atoms with Crippen LogP contribution in [-0.2, 0) is 0 Å². The van der Waals surface area contributed by atoms with Crippen molar-refractivity contribution in [3.8, 4) is 0 Å². The molecule has 0 aliphatic carbocycles. The predicted molar refractivity (Wildman–Crippen MR) is 44.6 cm³/mol. The van der Waals surface area contributed by atoms with Crippen LogP contribution in [0.1, 0.15) is 0 Å². The molecular formula is C7H5NSSe. The van der Waals surface area contributed by atoms with Crippen molar-refractivity contribution in [2.45, 2.75) is 0 Å². The Bertz CT molecular complexity index is 365. The fourth-order valence-corrected chi connectivity index (χ4v) is 4.25. The monoisotopic (exact) mass is 215 g/mol. The first-order valence-electron chi connectivity index (χ1n) is 2.89. The molecule has 2 aromatic rings. The Kier molecular flexibility index (Phi) is 1.49. The standard InChI is InChI=1S/C7H5NSSe/c8-7-9-5-3-1-2-4-6(5)10-7/h1-4,8H. The second-order valence-electron chi connectivity index (χ2n) is 1.94. The van der Waals surface area contributed by atoms with Gasteiger partial charge in [-0.25, -0.2) is 0 Å². The number of nitrogens with one attached hydrogen (secondary N) is 1. The summed E-state index contributed by atoms with van der Waals surface area (Å²) < 4.78 is 3.48. The Labute approximate surface area is 68.2 Å². The van der Waals surface area contributed by atoms with Crippen molar-refractivity contribution in [3.63, 3.8) is 0 Å². The Morgan fingerprint density at radius 2 is 2.10 bits per heavy atom. The molecule has 0 bridgehead atoms. The number of benzene rings is 1. The molecule has 50 valence electrons. The van der Waals surface area contributed by atoms with Crippen molar-refractivity contribution in [1.29, 1.82) is 5.41 Å². The van der Waals surface area contributed by atoms with Crippen molar-refractivity contribution in [1.82, 2.24) is 0 Å². The summed E-state index contributed by atoms with van der Waals surface area (Å²) in [4.78, 5) is 0. The van der Waals surface area contributed by atoms with Gasteiger partial charge in [-0.2, -0.15) is 0 Å². The summed E-state index contributed by atoms with van der Waals surface area (Å²) in [6.45, 7) is 0. The summed E-state index contributed by atoms with van der Waals surface area (Å²) in [5.41, 5.74) is 0. The van der Waals surface area contributed by atoms with E-state index in [0.29, 0.717) is 14.5 Å². The van der Waals surface area contributed by atoms with Gasteiger partial charge in [0.05, 0.1) is 0 Å². The summed E-state index contributed by atoms with van der Waals surface area (Å²) in [7, 11) is 0. The van der Waals surface area contributed by atoms with E-state index in [1.54, 1.807) is 11.3 Å². The van der Waals surface area contributed by atoms with E-state index in [-0.39, 0.29) is 0 Å². The molecule has 1 nitrogen and oxygen atoms in total. The molecule has 3 heteroatoms. The zero-order valence-corrected chi connectivity index (χ0v) is 7.66. The van der Waals surface area contributed by atoms with Crippen LogP contribution in [0, 0.1) is 5.41 Å². The van der Waals surface area contributed by atoms with E-state index in [2.05, 4.69) is 12.1 Å². The Morgan fingerprint density at radius 1 is 1.30 bits per heavy atom. The van der Waals surface area contributed by atoms with Crippen LogP contribution in [0.15, 0.2) is 24.3 Å². The van der Waals surface area contributed by atoms with E-state index in [1.165, 1.54) is 8.96 Å². The summed E-state index contributed by atoms with van der Waals surface area (Å²) >= 11 is 1.91. The number of hydrogen-bond acceptors (Lipinski definition) is 2. The molecule has 0 spiro atoms. The molecule has 1 aromatic heterocycles. The second kappa shape index (κ2) is 2.35. The maximum atomic E-state index is 7.43. The minimum atomic E-state index is 0.307. The van der Waals surface area contributed by atoms with Gasteiger partial charge in [0.1, 0.15) is 0 Å². The number of hydrogen-bond donors (Lipinski definition) is 1. The predicted octanol–water partition coefficient (Wildman–Crippen LogP) is 1.44. The molecule has 0 aliphatic heterocycles. The van der Waals surface area contributed by atoms with Crippen LogP contribution in [0.4, 0.5) is 0 Å². The molecule has 0 fully saturated rings. The second-order valence-corrected chi connectivity index (χ2v) is 5.78. The molecule has 1 N–H and O–H groups in total. The first-order valence-corrected chi connectivity index (χ1v) is 5.42. The molecule has 0 unspecified atom stereocenters. The SMILES string of the molecule is N=c1sc2ccccc2[se]1. The van der Waals surface area contributed by atoms with E-state index >= 15 is 0 Å². The Hall–Kier alpha value is -0.371. The molecule has 10 heavy (non-hydrogen) atoms. The van der Waals surface area contributed by atoms with Gasteiger partial charge in [-0.3, -0.25) is 0 Å². The van der Waals surface area contributed by atoms with Crippen molar-refractivity contribution < 1.29 is 0 Å². The van der Waals surface area contributed by atoms with Crippen LogP contribution >= 0.6 is 11.3 Å². The molecule has 0 amide bonds. The van der Waals surface area contributed by atoms with E-state index in [9.17, 15) is 0 Å². The van der Waals surface area contributed by atoms with Gasteiger partial charge >= 0.3 is 68.0 Å². The molecule has 1 heterocycles. The quantitative estimate of drug-likeness (QED) is 0.641. The minimum absolute atomic E-state index is 0.307. The van der Waals surface area contributed by atoms with Crippen molar-refractivity contribution in [3.05, 3.63) is 27.8 Å². The van der Waals surface area contributed by atoms with E-state index in [4.69, 9.17) is 5.41 Å². The molecule has 1 aromatic carbocycles. The first kappa shape index (κ1) is 6.35. The van der Waals surface area contributed by atoms with Crippen molar-refractivity contribution >= 4 is 34.8 Å². The number of fused-ring (bicyclic) bond motifs is 1. The van der Waals surface area contributed by atoms with Crippen LogP contribution in [0.5, 0.6) is 0 Å². The zero-order valence-electron chi connectivity index (χ0n) is 5.13. The van der Waals surface area contributed by atoms with Gasteiger partial charge in [0, 0.05) is 0 Å². The van der Waals surface area contributed by atoms with Crippen LogP contribution < -0.4 is 3.54 Å². The molecule has 0 aliphatic rings. The van der Waals surface area contributed by atoms with Gasteiger partial charge < -0.3 is 0 Å². The van der Waals surface area contributed by atoms with Crippen molar-refractivity contribution in [2.75, 3.05) is 0 Å². The molecule has 2 rings (SSSR count). The van der Waals surface area contributed by atoms with Gasteiger partial charge in [0.15, 0.2) is 0 Å². The van der Waals surface area contributed by atoms with Crippen LogP contribution in [0.3, 0.4) is 0 Å². The summed E-state index contributed by atoms with van der Waals surface area (Å²) in [6.07, 6.45) is 0. The van der Waals surface area contributed by atoms with E-state index in [0.717, 1.165) is 3.54 Å². The molecule has 0 saturated heterocycles. The molecular weight excluding hydrogens is 209 g/mol. The van der Waals surface area contributed by atoms with Gasteiger partial charge in [-0.05, 0) is 0 Å². The maximum absolute atomic E-state index is 7.43. The molecule has 0 saturated carbocycles. The van der Waals surface area contributed by atoms with E-state index in [1.807, 2.05) is 12.1 Å². The van der Waals surface area contributed by atoms with Crippen LogP contribution in [-0.4, -0.2) is 14.5 Å². The molecule has 0 radical (unpaired) electrons. The topological polar surface area (TPSA) is 23.9 Å². The summed E-state index contributed by atoms with van der Waals surface area (Å²) in [5, 5.41) is 7.43. The average molecular weight is 214 g/mol. The van der Waals surface area contributed by atoms with Gasteiger partial charge in [-0.1, -0.05) is 0 Å². The zero-order chi connectivity index (χ0) is 6.97. The third kappa shape index (κ3) is 0.966. The third-order valence-corrected chi connectivity index (χ3v) is 4.86. The fourth-order valence-electron chi connectivity index (χ4n) is 0.839. The average Bonchev–Trinajstić information content (AvgIpc) is 2.27. The Balaban J connectivity index is 3.01. The van der Waals surface area contributed by atoms with Crippen LogP contribution in [0.2, 0.25) is 0 Å². The van der Waals surface area contributed by atoms with Gasteiger partial charge in [0.25, 0.3) is 0 Å². The summed E-state index contributed by atoms with van der Waals surface area (Å²) in [5.74, 6) is 0. The van der Waals surface area contributed by atoms with Crippen LogP contribution in [0.25, 0.3) is 8.96 Å². The van der Waals surface area contributed by atoms with Gasteiger partial charge in [0.2, 0.25) is 0 Å². The number of rotatable bonds is 0. The third-order valence-electron chi connectivity index (χ3n) is 1.25.